The molecule has 0 aliphatic rings. The van der Waals surface area contributed by atoms with Gasteiger partial charge in [0.25, 0.3) is 0 Å². The van der Waals surface area contributed by atoms with Crippen LogP contribution in [0, 0.1) is 0 Å². The summed E-state index contributed by atoms with van der Waals surface area (Å²) in [5.41, 5.74) is 2.03. The second kappa shape index (κ2) is 5.31. The van der Waals surface area contributed by atoms with Crippen LogP contribution in [0.4, 0.5) is 0 Å². The van der Waals surface area contributed by atoms with Crippen molar-refractivity contribution in [2.45, 2.75) is 12.8 Å². The molecule has 0 radical (unpaired) electrons. The van der Waals surface area contributed by atoms with Gasteiger partial charge in [0.2, 0.25) is 0 Å². The molecule has 0 atom stereocenters. The van der Waals surface area contributed by atoms with Gasteiger partial charge in [-0.05, 0) is 26.2 Å². The minimum Gasteiger partial charge on any atom is -0.331 e. The summed E-state index contributed by atoms with van der Waals surface area (Å²) in [6.07, 6.45) is 0.995. The second-order valence-electron chi connectivity index (χ2n) is 4.84. The number of Topliss-reactive ketones (excluding diaryl/α,β-unsaturated/α-hetero) is 1. The van der Waals surface area contributed by atoms with E-state index in [1.165, 1.54) is 0 Å². The van der Waals surface area contributed by atoms with Crippen LogP contribution < -0.4 is 0 Å². The first-order valence-corrected chi connectivity index (χ1v) is 6.14. The van der Waals surface area contributed by atoms with E-state index in [0.29, 0.717) is 12.8 Å². The van der Waals surface area contributed by atoms with Gasteiger partial charge in [-0.3, -0.25) is 4.79 Å². The lowest BCUT2D eigenvalue weighted by atomic mass is 10.2. The van der Waals surface area contributed by atoms with Crippen LogP contribution in [0.2, 0.25) is 0 Å². The van der Waals surface area contributed by atoms with E-state index in [1.54, 1.807) is 0 Å². The highest BCUT2D eigenvalue weighted by molar-refractivity contribution is 5.82. The fourth-order valence-corrected chi connectivity index (χ4v) is 1.97. The number of carbonyl (C=O) groups is 1. The van der Waals surface area contributed by atoms with Gasteiger partial charge < -0.3 is 9.47 Å². The van der Waals surface area contributed by atoms with E-state index in [2.05, 4.69) is 4.98 Å². The van der Waals surface area contributed by atoms with Crippen LogP contribution in [0.1, 0.15) is 12.2 Å². The molecule has 0 spiro atoms. The van der Waals surface area contributed by atoms with E-state index in [-0.39, 0.29) is 5.78 Å². The summed E-state index contributed by atoms with van der Waals surface area (Å²) >= 11 is 0. The van der Waals surface area contributed by atoms with E-state index < -0.39 is 0 Å². The summed E-state index contributed by atoms with van der Waals surface area (Å²) in [6.45, 7) is 0.794. The van der Waals surface area contributed by atoms with E-state index in [1.807, 2.05) is 54.9 Å². The average molecular weight is 245 g/mol. The number of fused-ring (bicyclic) bond motifs is 1. The second-order valence-corrected chi connectivity index (χ2v) is 4.84. The first-order valence-electron chi connectivity index (χ1n) is 6.14. The highest BCUT2D eigenvalue weighted by atomic mass is 16.1. The lowest BCUT2D eigenvalue weighted by Gasteiger charge is -2.08. The van der Waals surface area contributed by atoms with Gasteiger partial charge in [-0.2, -0.15) is 0 Å². The molecule has 0 saturated carbocycles. The van der Waals surface area contributed by atoms with Crippen molar-refractivity contribution in [2.75, 3.05) is 20.6 Å². The SMILES string of the molecule is CN(C)CCC(=O)Cc1nc2ccccc2n1C. The summed E-state index contributed by atoms with van der Waals surface area (Å²) in [5.74, 6) is 1.09. The van der Waals surface area contributed by atoms with E-state index >= 15 is 0 Å². The molecule has 0 aliphatic carbocycles. The van der Waals surface area contributed by atoms with Crippen LogP contribution in [0.15, 0.2) is 24.3 Å². The fourth-order valence-electron chi connectivity index (χ4n) is 1.97. The van der Waals surface area contributed by atoms with Crippen molar-refractivity contribution in [1.29, 1.82) is 0 Å². The average Bonchev–Trinajstić information content (AvgIpc) is 2.65. The minimum atomic E-state index is 0.238. The summed E-state index contributed by atoms with van der Waals surface area (Å²) in [6, 6.07) is 7.95. The predicted molar refractivity (Wildman–Crippen MR) is 72.6 cm³/mol. The van der Waals surface area contributed by atoms with Crippen LogP contribution in [-0.2, 0) is 18.3 Å². The van der Waals surface area contributed by atoms with Crippen LogP contribution in [0.5, 0.6) is 0 Å². The number of aryl methyl sites for hydroxylation is 1. The van der Waals surface area contributed by atoms with Crippen LogP contribution in [-0.4, -0.2) is 40.9 Å². The van der Waals surface area contributed by atoms with Crippen molar-refractivity contribution in [3.63, 3.8) is 0 Å². The molecule has 2 rings (SSSR count). The van der Waals surface area contributed by atoms with Crippen molar-refractivity contribution in [2.24, 2.45) is 7.05 Å². The molecule has 2 aromatic rings. The summed E-state index contributed by atoms with van der Waals surface area (Å²) < 4.78 is 2.00. The van der Waals surface area contributed by atoms with Crippen molar-refractivity contribution < 1.29 is 4.79 Å². The van der Waals surface area contributed by atoms with Crippen molar-refractivity contribution in [3.05, 3.63) is 30.1 Å². The topological polar surface area (TPSA) is 38.1 Å². The zero-order chi connectivity index (χ0) is 13.1. The molecular formula is C14H19N3O. The summed E-state index contributed by atoms with van der Waals surface area (Å²) in [5, 5.41) is 0. The third-order valence-corrected chi connectivity index (χ3v) is 3.07. The lowest BCUT2D eigenvalue weighted by molar-refractivity contribution is -0.118. The van der Waals surface area contributed by atoms with Crippen LogP contribution in [0.25, 0.3) is 11.0 Å². The van der Waals surface area contributed by atoms with Gasteiger partial charge in [0.1, 0.15) is 11.6 Å². The Hall–Kier alpha value is -1.68. The van der Waals surface area contributed by atoms with Gasteiger partial charge in [0.05, 0.1) is 17.5 Å². The summed E-state index contributed by atoms with van der Waals surface area (Å²) in [4.78, 5) is 18.4. The lowest BCUT2D eigenvalue weighted by Crippen LogP contribution is -2.18. The monoisotopic (exact) mass is 245 g/mol. The molecule has 1 aromatic carbocycles. The quantitative estimate of drug-likeness (QED) is 0.803. The number of imidazole rings is 1. The molecule has 0 unspecified atom stereocenters. The molecular weight excluding hydrogens is 226 g/mol. The standard InChI is InChI=1S/C14H19N3O/c1-16(2)9-8-11(18)10-14-15-12-6-4-5-7-13(12)17(14)3/h4-7H,8-10H2,1-3H3. The van der Waals surface area contributed by atoms with Gasteiger partial charge in [-0.25, -0.2) is 4.98 Å². The van der Waals surface area contributed by atoms with Crippen LogP contribution in [0.3, 0.4) is 0 Å². The van der Waals surface area contributed by atoms with Crippen molar-refractivity contribution >= 4 is 16.8 Å². The number of carbonyl (C=O) groups excluding carboxylic acids is 1. The predicted octanol–water partition coefficient (Wildman–Crippen LogP) is 1.64. The maximum Gasteiger partial charge on any atom is 0.141 e. The number of nitrogens with zero attached hydrogens (tertiary/aromatic N) is 3. The third-order valence-electron chi connectivity index (χ3n) is 3.07. The number of aromatic nitrogens is 2. The molecule has 0 bridgehead atoms. The Morgan fingerprint density at radius 3 is 2.72 bits per heavy atom. The molecule has 0 saturated heterocycles. The number of hydrogen-bond donors (Lipinski definition) is 0. The highest BCUT2D eigenvalue weighted by Gasteiger charge is 2.11. The number of rotatable bonds is 5. The van der Waals surface area contributed by atoms with Gasteiger partial charge >= 0.3 is 0 Å². The molecule has 0 amide bonds. The molecule has 96 valence electrons. The number of hydrogen-bond acceptors (Lipinski definition) is 3. The molecule has 4 nitrogen and oxygen atoms in total. The Morgan fingerprint density at radius 2 is 2.06 bits per heavy atom. The molecule has 18 heavy (non-hydrogen) atoms. The van der Waals surface area contributed by atoms with Gasteiger partial charge in [-0.15, -0.1) is 0 Å². The van der Waals surface area contributed by atoms with Crippen molar-refractivity contribution in [3.8, 4) is 0 Å². The number of ketones is 1. The van der Waals surface area contributed by atoms with Gasteiger partial charge in [0, 0.05) is 20.0 Å². The first kappa shape index (κ1) is 12.8. The Labute approximate surface area is 107 Å². The third kappa shape index (κ3) is 2.76. The first-order chi connectivity index (χ1) is 8.58. The molecule has 0 aliphatic heterocycles. The molecule has 4 heteroatoms. The van der Waals surface area contributed by atoms with Gasteiger partial charge in [-0.1, -0.05) is 12.1 Å². The van der Waals surface area contributed by atoms with E-state index in [4.69, 9.17) is 0 Å². The van der Waals surface area contributed by atoms with Gasteiger partial charge in [0.15, 0.2) is 0 Å². The molecule has 1 heterocycles. The molecule has 1 aromatic heterocycles. The van der Waals surface area contributed by atoms with Crippen LogP contribution >= 0.6 is 0 Å². The Kier molecular flexibility index (Phi) is 3.77. The zero-order valence-corrected chi connectivity index (χ0v) is 11.2. The normalized spacial score (nSPS) is 11.3. The Balaban J connectivity index is 2.12. The maximum atomic E-state index is 11.9. The summed E-state index contributed by atoms with van der Waals surface area (Å²) in [7, 11) is 5.91. The highest BCUT2D eigenvalue weighted by Crippen LogP contribution is 2.14. The fraction of sp³-hybridized carbons (Fsp3) is 0.429. The Morgan fingerprint density at radius 1 is 1.33 bits per heavy atom. The zero-order valence-electron chi connectivity index (χ0n) is 11.2. The van der Waals surface area contributed by atoms with Crippen molar-refractivity contribution in [1.82, 2.24) is 14.5 Å². The smallest absolute Gasteiger partial charge is 0.141 e. The van der Waals surface area contributed by atoms with E-state index in [9.17, 15) is 4.79 Å². The minimum absolute atomic E-state index is 0.238. The molecule has 0 fully saturated rings. The maximum absolute atomic E-state index is 11.9. The largest absolute Gasteiger partial charge is 0.331 e. The molecule has 0 N–H and O–H groups in total. The number of benzene rings is 1. The Bertz CT molecular complexity index is 557. The van der Waals surface area contributed by atoms with E-state index in [0.717, 1.165) is 23.4 Å². The number of para-hydroxylation sites is 2.